The average molecular weight is 278 g/mol. The standard InChI is InChI=1S/C18H30O2/c1-12(19)6-7-13-4-3-5-14-11-18(2)15(10-16(13)14)8-9-17(18)20/h13-17,20H,3-11H2,1-2H3/t13-,14+,15-,16-,17-,18-/m1/s1. The van der Waals surface area contributed by atoms with Gasteiger partial charge in [0.2, 0.25) is 0 Å². The Hall–Kier alpha value is -0.370. The van der Waals surface area contributed by atoms with Gasteiger partial charge in [-0.1, -0.05) is 26.2 Å². The van der Waals surface area contributed by atoms with Crippen LogP contribution in [0.5, 0.6) is 0 Å². The van der Waals surface area contributed by atoms with Crippen molar-refractivity contribution in [3.63, 3.8) is 0 Å². The third kappa shape index (κ3) is 2.45. The highest BCUT2D eigenvalue weighted by molar-refractivity contribution is 5.75. The summed E-state index contributed by atoms with van der Waals surface area (Å²) in [4.78, 5) is 11.3. The van der Waals surface area contributed by atoms with E-state index in [0.29, 0.717) is 5.78 Å². The number of hydrogen-bond acceptors (Lipinski definition) is 2. The van der Waals surface area contributed by atoms with Gasteiger partial charge in [-0.25, -0.2) is 0 Å². The quantitative estimate of drug-likeness (QED) is 0.848. The zero-order chi connectivity index (χ0) is 14.3. The lowest BCUT2D eigenvalue weighted by Crippen LogP contribution is -2.45. The number of Topliss-reactive ketones (excluding diaryl/α,β-unsaturated/α-hetero) is 1. The second-order valence-corrected chi connectivity index (χ2v) is 8.09. The Morgan fingerprint density at radius 2 is 2.05 bits per heavy atom. The molecule has 3 aliphatic rings. The van der Waals surface area contributed by atoms with Crippen molar-refractivity contribution in [1.82, 2.24) is 0 Å². The molecule has 114 valence electrons. The highest BCUT2D eigenvalue weighted by Crippen LogP contribution is 2.59. The van der Waals surface area contributed by atoms with E-state index < -0.39 is 0 Å². The molecular formula is C18H30O2. The lowest BCUT2D eigenvalue weighted by Gasteiger charge is -2.51. The van der Waals surface area contributed by atoms with Crippen LogP contribution in [0.4, 0.5) is 0 Å². The molecule has 0 aromatic carbocycles. The van der Waals surface area contributed by atoms with E-state index >= 15 is 0 Å². The number of aliphatic hydroxyl groups excluding tert-OH is 1. The topological polar surface area (TPSA) is 37.3 Å². The van der Waals surface area contributed by atoms with E-state index in [1.165, 1.54) is 38.5 Å². The van der Waals surface area contributed by atoms with E-state index in [0.717, 1.165) is 42.9 Å². The second kappa shape index (κ2) is 5.44. The molecule has 0 aromatic heterocycles. The minimum atomic E-state index is -0.0638. The van der Waals surface area contributed by atoms with Gasteiger partial charge < -0.3 is 9.90 Å². The molecule has 3 rings (SSSR count). The SMILES string of the molecule is CC(=O)CC[C@H]1CCC[C@H]2C[C@]3(C)[C@H](CC[C@H]3O)C[C@H]12. The van der Waals surface area contributed by atoms with Gasteiger partial charge in [0.25, 0.3) is 0 Å². The monoisotopic (exact) mass is 278 g/mol. The molecule has 0 spiro atoms. The van der Waals surface area contributed by atoms with E-state index in [4.69, 9.17) is 0 Å². The smallest absolute Gasteiger partial charge is 0.129 e. The molecule has 3 aliphatic carbocycles. The van der Waals surface area contributed by atoms with Gasteiger partial charge in [-0.15, -0.1) is 0 Å². The summed E-state index contributed by atoms with van der Waals surface area (Å²) in [6.45, 7) is 4.07. The van der Waals surface area contributed by atoms with Crippen LogP contribution >= 0.6 is 0 Å². The van der Waals surface area contributed by atoms with Crippen LogP contribution in [0.25, 0.3) is 0 Å². The van der Waals surface area contributed by atoms with Crippen molar-refractivity contribution in [2.75, 3.05) is 0 Å². The largest absolute Gasteiger partial charge is 0.393 e. The van der Waals surface area contributed by atoms with E-state index in [2.05, 4.69) is 6.92 Å². The summed E-state index contributed by atoms with van der Waals surface area (Å²) in [6, 6.07) is 0. The molecule has 2 nitrogen and oxygen atoms in total. The van der Waals surface area contributed by atoms with Crippen molar-refractivity contribution in [2.45, 2.75) is 77.7 Å². The molecule has 3 saturated carbocycles. The summed E-state index contributed by atoms with van der Waals surface area (Å²) >= 11 is 0. The highest BCUT2D eigenvalue weighted by atomic mass is 16.3. The van der Waals surface area contributed by atoms with Crippen molar-refractivity contribution in [1.29, 1.82) is 0 Å². The van der Waals surface area contributed by atoms with Crippen LogP contribution < -0.4 is 0 Å². The van der Waals surface area contributed by atoms with Gasteiger partial charge in [-0.2, -0.15) is 0 Å². The molecule has 1 N–H and O–H groups in total. The van der Waals surface area contributed by atoms with Gasteiger partial charge in [0.15, 0.2) is 0 Å². The van der Waals surface area contributed by atoms with Gasteiger partial charge >= 0.3 is 0 Å². The number of carbonyl (C=O) groups is 1. The summed E-state index contributed by atoms with van der Waals surface area (Å²) < 4.78 is 0. The third-order valence-electron chi connectivity index (χ3n) is 6.97. The summed E-state index contributed by atoms with van der Waals surface area (Å²) in [5.74, 6) is 3.52. The lowest BCUT2D eigenvalue weighted by molar-refractivity contribution is -0.117. The van der Waals surface area contributed by atoms with Gasteiger partial charge in [-0.05, 0) is 68.1 Å². The van der Waals surface area contributed by atoms with Crippen LogP contribution in [-0.2, 0) is 4.79 Å². The van der Waals surface area contributed by atoms with Crippen LogP contribution in [0.2, 0.25) is 0 Å². The summed E-state index contributed by atoms with van der Waals surface area (Å²) in [7, 11) is 0. The zero-order valence-electron chi connectivity index (χ0n) is 13.1. The maximum Gasteiger partial charge on any atom is 0.129 e. The second-order valence-electron chi connectivity index (χ2n) is 8.09. The molecule has 0 aromatic rings. The number of hydrogen-bond donors (Lipinski definition) is 1. The average Bonchev–Trinajstić information content (AvgIpc) is 2.69. The third-order valence-corrected chi connectivity index (χ3v) is 6.97. The van der Waals surface area contributed by atoms with Crippen LogP contribution in [0.15, 0.2) is 0 Å². The lowest BCUT2D eigenvalue weighted by atomic mass is 9.55. The predicted octanol–water partition coefficient (Wildman–Crippen LogP) is 3.96. The Morgan fingerprint density at radius 3 is 2.80 bits per heavy atom. The molecular weight excluding hydrogens is 248 g/mol. The van der Waals surface area contributed by atoms with E-state index in [1.807, 2.05) is 0 Å². The molecule has 0 saturated heterocycles. The fourth-order valence-electron chi connectivity index (χ4n) is 5.71. The Labute approximate surface area is 123 Å². The molecule has 0 amide bonds. The van der Waals surface area contributed by atoms with Gasteiger partial charge in [-0.3, -0.25) is 0 Å². The van der Waals surface area contributed by atoms with Crippen molar-refractivity contribution in [2.24, 2.45) is 29.1 Å². The highest BCUT2D eigenvalue weighted by Gasteiger charge is 2.53. The zero-order valence-corrected chi connectivity index (χ0v) is 13.1. The van der Waals surface area contributed by atoms with Crippen molar-refractivity contribution < 1.29 is 9.90 Å². The summed E-state index contributed by atoms with van der Waals surface area (Å²) in [5, 5.41) is 10.4. The van der Waals surface area contributed by atoms with Gasteiger partial charge in [0, 0.05) is 6.42 Å². The Balaban J connectivity index is 1.71. The van der Waals surface area contributed by atoms with Gasteiger partial charge in [0.05, 0.1) is 6.10 Å². The molecule has 0 heterocycles. The fourth-order valence-corrected chi connectivity index (χ4v) is 5.71. The van der Waals surface area contributed by atoms with Crippen LogP contribution in [0.3, 0.4) is 0 Å². The molecule has 0 aliphatic heterocycles. The number of aliphatic hydroxyl groups is 1. The summed E-state index contributed by atoms with van der Waals surface area (Å²) in [6.07, 6.45) is 10.6. The first-order valence-corrected chi connectivity index (χ1v) is 8.68. The van der Waals surface area contributed by atoms with Crippen LogP contribution in [0, 0.1) is 29.1 Å². The van der Waals surface area contributed by atoms with Crippen LogP contribution in [-0.4, -0.2) is 17.0 Å². The Bertz CT molecular complexity index is 378. The first-order valence-electron chi connectivity index (χ1n) is 8.68. The normalized spacial score (nSPS) is 47.6. The fraction of sp³-hybridized carbons (Fsp3) is 0.944. The molecule has 0 bridgehead atoms. The van der Waals surface area contributed by atoms with Crippen LogP contribution in [0.1, 0.15) is 71.6 Å². The maximum atomic E-state index is 11.3. The molecule has 6 atom stereocenters. The van der Waals surface area contributed by atoms with Crippen molar-refractivity contribution in [3.05, 3.63) is 0 Å². The number of rotatable bonds is 3. The molecule has 3 fully saturated rings. The van der Waals surface area contributed by atoms with Crippen molar-refractivity contribution in [3.8, 4) is 0 Å². The Morgan fingerprint density at radius 1 is 1.25 bits per heavy atom. The molecule has 0 radical (unpaired) electrons. The van der Waals surface area contributed by atoms with Gasteiger partial charge in [0.1, 0.15) is 5.78 Å². The Kier molecular flexibility index (Phi) is 3.96. The van der Waals surface area contributed by atoms with E-state index in [-0.39, 0.29) is 11.5 Å². The minimum Gasteiger partial charge on any atom is -0.393 e. The molecule has 20 heavy (non-hydrogen) atoms. The van der Waals surface area contributed by atoms with E-state index in [1.54, 1.807) is 6.92 Å². The molecule has 0 unspecified atom stereocenters. The first kappa shape index (κ1) is 14.6. The first-order chi connectivity index (χ1) is 9.50. The summed E-state index contributed by atoms with van der Waals surface area (Å²) in [5.41, 5.74) is 0.198. The van der Waals surface area contributed by atoms with E-state index in [9.17, 15) is 9.90 Å². The maximum absolute atomic E-state index is 11.3. The van der Waals surface area contributed by atoms with Crippen molar-refractivity contribution >= 4 is 5.78 Å². The number of fused-ring (bicyclic) bond motifs is 2. The predicted molar refractivity (Wildman–Crippen MR) is 80.3 cm³/mol. The minimum absolute atomic E-state index is 0.0638. The number of carbonyl (C=O) groups excluding carboxylic acids is 1. The number of ketones is 1. The molecule has 2 heteroatoms.